The van der Waals surface area contributed by atoms with Gasteiger partial charge in [-0.2, -0.15) is 0 Å². The van der Waals surface area contributed by atoms with Gasteiger partial charge < -0.3 is 14.4 Å². The first-order valence-corrected chi connectivity index (χ1v) is 9.40. The third-order valence-corrected chi connectivity index (χ3v) is 4.87. The van der Waals surface area contributed by atoms with Gasteiger partial charge in [-0.25, -0.2) is 4.99 Å². The molecule has 2 heterocycles. The maximum atomic E-state index is 13.1. The van der Waals surface area contributed by atoms with Crippen LogP contribution in [-0.2, 0) is 9.53 Å². The number of benzene rings is 2. The van der Waals surface area contributed by atoms with Crippen molar-refractivity contribution in [3.8, 4) is 5.75 Å². The third-order valence-electron chi connectivity index (χ3n) is 4.87. The van der Waals surface area contributed by atoms with E-state index in [0.717, 1.165) is 49.0 Å². The van der Waals surface area contributed by atoms with E-state index >= 15 is 0 Å². The van der Waals surface area contributed by atoms with Gasteiger partial charge in [0.15, 0.2) is 6.67 Å². The zero-order valence-corrected chi connectivity index (χ0v) is 15.5. The predicted octanol–water partition coefficient (Wildman–Crippen LogP) is 1.43. The van der Waals surface area contributed by atoms with E-state index in [2.05, 4.69) is 4.99 Å². The molecule has 0 unspecified atom stereocenters. The van der Waals surface area contributed by atoms with Crippen LogP contribution in [-0.4, -0.2) is 51.2 Å². The summed E-state index contributed by atoms with van der Waals surface area (Å²) >= 11 is 0. The Kier molecular flexibility index (Phi) is 5.18. The number of para-hydroxylation sites is 1. The fraction of sp³-hybridized carbons (Fsp3) is 0.333. The summed E-state index contributed by atoms with van der Waals surface area (Å²) in [5.41, 5.74) is 3.08. The van der Waals surface area contributed by atoms with E-state index in [9.17, 15) is 4.79 Å². The number of fused-ring (bicyclic) bond motifs is 1. The lowest BCUT2D eigenvalue weighted by atomic mass is 10.1. The number of hydrogen-bond acceptors (Lipinski definition) is 4. The number of quaternary nitrogens is 1. The van der Waals surface area contributed by atoms with E-state index in [-0.39, 0.29) is 5.91 Å². The van der Waals surface area contributed by atoms with Crippen molar-refractivity contribution in [2.75, 3.05) is 44.5 Å². The number of carbonyl (C=O) groups excluding carboxylic acids is 1. The minimum Gasteiger partial charge on any atom is -0.494 e. The lowest BCUT2D eigenvalue weighted by Crippen LogP contribution is -3.15. The Morgan fingerprint density at radius 1 is 1.11 bits per heavy atom. The van der Waals surface area contributed by atoms with E-state index in [1.165, 1.54) is 4.90 Å². The summed E-state index contributed by atoms with van der Waals surface area (Å²) in [5, 5.41) is 0. The average molecular weight is 366 g/mol. The van der Waals surface area contributed by atoms with E-state index < -0.39 is 0 Å². The zero-order valence-electron chi connectivity index (χ0n) is 15.5. The number of amides is 1. The van der Waals surface area contributed by atoms with Crippen molar-refractivity contribution in [3.63, 3.8) is 0 Å². The number of anilines is 1. The molecule has 0 radical (unpaired) electrons. The molecule has 140 valence electrons. The van der Waals surface area contributed by atoms with Gasteiger partial charge in [0.05, 0.1) is 31.2 Å². The number of carbonyl (C=O) groups is 1. The van der Waals surface area contributed by atoms with Crippen molar-refractivity contribution in [3.05, 3.63) is 54.1 Å². The van der Waals surface area contributed by atoms with Crippen molar-refractivity contribution in [1.29, 1.82) is 0 Å². The van der Waals surface area contributed by atoms with Gasteiger partial charge in [0.2, 0.25) is 0 Å². The number of hydrogen-bond donors (Lipinski definition) is 1. The van der Waals surface area contributed by atoms with Crippen LogP contribution in [0.2, 0.25) is 0 Å². The van der Waals surface area contributed by atoms with Crippen LogP contribution in [0.3, 0.4) is 0 Å². The molecule has 2 aromatic rings. The van der Waals surface area contributed by atoms with Crippen LogP contribution in [0.1, 0.15) is 12.5 Å². The number of nitrogens with one attached hydrogen (secondary N) is 1. The van der Waals surface area contributed by atoms with Crippen LogP contribution in [0.4, 0.5) is 11.4 Å². The molecule has 0 aromatic heterocycles. The highest BCUT2D eigenvalue weighted by Gasteiger charge is 2.36. The molecule has 1 N–H and O–H groups in total. The molecule has 6 heteroatoms. The number of aliphatic imine (C=N–C) groups is 1. The molecule has 2 aliphatic heterocycles. The molecule has 1 saturated heterocycles. The van der Waals surface area contributed by atoms with Crippen LogP contribution in [0, 0.1) is 0 Å². The van der Waals surface area contributed by atoms with E-state index in [4.69, 9.17) is 9.47 Å². The van der Waals surface area contributed by atoms with Gasteiger partial charge in [0, 0.05) is 5.56 Å². The van der Waals surface area contributed by atoms with E-state index in [0.29, 0.717) is 19.0 Å². The second-order valence-electron chi connectivity index (χ2n) is 6.66. The summed E-state index contributed by atoms with van der Waals surface area (Å²) in [6.07, 6.45) is 0. The molecule has 4 rings (SSSR count). The third kappa shape index (κ3) is 3.72. The molecule has 2 aliphatic rings. The average Bonchev–Trinajstić information content (AvgIpc) is 2.96. The van der Waals surface area contributed by atoms with Crippen molar-refractivity contribution >= 4 is 23.0 Å². The molecule has 0 aliphatic carbocycles. The number of nitrogens with zero attached hydrogens (tertiary/aromatic N) is 2. The number of morpholine rings is 1. The van der Waals surface area contributed by atoms with E-state index in [1.54, 1.807) is 0 Å². The molecular formula is C21H24N3O3+. The first kappa shape index (κ1) is 17.7. The highest BCUT2D eigenvalue weighted by Crippen LogP contribution is 2.30. The topological polar surface area (TPSA) is 55.6 Å². The molecule has 0 bridgehead atoms. The van der Waals surface area contributed by atoms with Gasteiger partial charge in [0.1, 0.15) is 24.6 Å². The lowest BCUT2D eigenvalue weighted by Gasteiger charge is -2.27. The molecule has 1 amide bonds. The van der Waals surface area contributed by atoms with Gasteiger partial charge in [-0.15, -0.1) is 0 Å². The van der Waals surface area contributed by atoms with Crippen molar-refractivity contribution in [1.82, 2.24) is 0 Å². The Morgan fingerprint density at radius 3 is 2.59 bits per heavy atom. The Bertz CT molecular complexity index is 842. The van der Waals surface area contributed by atoms with E-state index in [1.807, 2.05) is 60.4 Å². The van der Waals surface area contributed by atoms with Gasteiger partial charge in [-0.1, -0.05) is 18.2 Å². The second kappa shape index (κ2) is 7.90. The second-order valence-corrected chi connectivity index (χ2v) is 6.66. The maximum Gasteiger partial charge on any atom is 0.281 e. The smallest absolute Gasteiger partial charge is 0.281 e. The van der Waals surface area contributed by atoms with Gasteiger partial charge >= 0.3 is 0 Å². The molecule has 27 heavy (non-hydrogen) atoms. The first-order chi connectivity index (χ1) is 13.3. The normalized spacial score (nSPS) is 18.8. The predicted molar refractivity (Wildman–Crippen MR) is 104 cm³/mol. The Morgan fingerprint density at radius 2 is 1.85 bits per heavy atom. The fourth-order valence-electron chi connectivity index (χ4n) is 3.48. The summed E-state index contributed by atoms with van der Waals surface area (Å²) in [5.74, 6) is 0.765. The quantitative estimate of drug-likeness (QED) is 0.871. The fourth-order valence-corrected chi connectivity index (χ4v) is 3.48. The summed E-state index contributed by atoms with van der Waals surface area (Å²) in [4.78, 5) is 21.0. The Labute approximate surface area is 159 Å². The Hall–Kier alpha value is -2.70. The van der Waals surface area contributed by atoms with Gasteiger partial charge in [-0.05, 0) is 37.3 Å². The van der Waals surface area contributed by atoms with Crippen LogP contribution in [0.5, 0.6) is 5.75 Å². The highest BCUT2D eigenvalue weighted by molar-refractivity contribution is 6.54. The van der Waals surface area contributed by atoms with Gasteiger partial charge in [-0.3, -0.25) is 9.69 Å². The summed E-state index contributed by atoms with van der Waals surface area (Å²) in [6, 6.07) is 15.4. The molecular weight excluding hydrogens is 342 g/mol. The molecule has 0 spiro atoms. The summed E-state index contributed by atoms with van der Waals surface area (Å²) in [7, 11) is 0. The minimum absolute atomic E-state index is 0.0379. The molecule has 2 aromatic carbocycles. The largest absolute Gasteiger partial charge is 0.494 e. The first-order valence-electron chi connectivity index (χ1n) is 9.40. The summed E-state index contributed by atoms with van der Waals surface area (Å²) < 4.78 is 10.9. The van der Waals surface area contributed by atoms with Crippen molar-refractivity contribution in [2.45, 2.75) is 6.92 Å². The number of ether oxygens (including phenoxy) is 2. The Balaban J connectivity index is 1.62. The summed E-state index contributed by atoms with van der Waals surface area (Å²) in [6.45, 7) is 6.53. The molecule has 6 nitrogen and oxygen atoms in total. The van der Waals surface area contributed by atoms with Crippen molar-refractivity contribution in [2.24, 2.45) is 4.99 Å². The monoisotopic (exact) mass is 366 g/mol. The zero-order chi connectivity index (χ0) is 18.6. The van der Waals surface area contributed by atoms with Gasteiger partial charge in [0.25, 0.3) is 5.91 Å². The van der Waals surface area contributed by atoms with Crippen LogP contribution >= 0.6 is 0 Å². The molecule has 1 fully saturated rings. The minimum atomic E-state index is -0.0379. The standard InChI is InChI=1S/C21H23N3O3/c1-2-27-17-9-7-16(8-10-17)22-20-18-5-3-4-6-19(18)24(21(20)25)15-23-11-13-26-14-12-23/h3-10H,2,11-15H2,1H3/p+1. The highest BCUT2D eigenvalue weighted by atomic mass is 16.5. The number of rotatable bonds is 5. The van der Waals surface area contributed by atoms with Crippen LogP contribution < -0.4 is 14.5 Å². The lowest BCUT2D eigenvalue weighted by molar-refractivity contribution is -0.906. The molecule has 0 atom stereocenters. The van der Waals surface area contributed by atoms with Crippen molar-refractivity contribution < 1.29 is 19.2 Å². The SMILES string of the molecule is CCOc1ccc(N=C2C(=O)N(C[NH+]3CCOCC3)c3ccccc32)cc1. The maximum absolute atomic E-state index is 13.1. The van der Waals surface area contributed by atoms with Crippen LogP contribution in [0.25, 0.3) is 0 Å². The molecule has 0 saturated carbocycles. The van der Waals surface area contributed by atoms with Crippen LogP contribution in [0.15, 0.2) is 53.5 Å².